The van der Waals surface area contributed by atoms with Crippen molar-refractivity contribution in [3.63, 3.8) is 0 Å². The van der Waals surface area contributed by atoms with Crippen LogP contribution in [0.1, 0.15) is 6.92 Å². The van der Waals surface area contributed by atoms with E-state index in [1.807, 2.05) is 13.0 Å². The minimum Gasteiger partial charge on any atom is -0.353 e. The summed E-state index contributed by atoms with van der Waals surface area (Å²) in [6, 6.07) is -0.0355. The Morgan fingerprint density at radius 3 is 3.25 bits per heavy atom. The van der Waals surface area contributed by atoms with Gasteiger partial charge in [-0.2, -0.15) is 0 Å². The molecule has 1 rings (SSSR count). The molecule has 1 amide bonds. The lowest BCUT2D eigenvalue weighted by molar-refractivity contribution is -0.127. The molecule has 0 aromatic heterocycles. The minimum atomic E-state index is -0.0355. The minimum absolute atomic E-state index is 0.0355. The Balaban J connectivity index is 2.46. The molecule has 0 saturated carbocycles. The van der Waals surface area contributed by atoms with Gasteiger partial charge in [-0.15, -0.1) is 0 Å². The number of nitrogens with one attached hydrogen (secondary N) is 1. The second-order valence-corrected chi connectivity index (χ2v) is 3.08. The molecule has 1 fully saturated rings. The van der Waals surface area contributed by atoms with Crippen LogP contribution < -0.4 is 5.32 Å². The number of rotatable bonds is 2. The highest BCUT2D eigenvalue weighted by Gasteiger charge is 2.23. The van der Waals surface area contributed by atoms with Crippen molar-refractivity contribution in [1.82, 2.24) is 10.2 Å². The fourth-order valence-electron chi connectivity index (χ4n) is 1.25. The summed E-state index contributed by atoms with van der Waals surface area (Å²) in [7, 11) is 0. The Labute approximate surface area is 77.4 Å². The first-order chi connectivity index (χ1) is 5.75. The van der Waals surface area contributed by atoms with E-state index in [0.717, 1.165) is 19.6 Å². The smallest absolute Gasteiger partial charge is 0.237 e. The lowest BCUT2D eigenvalue weighted by Gasteiger charge is -2.31. The van der Waals surface area contributed by atoms with Crippen LogP contribution in [0.2, 0.25) is 0 Å². The van der Waals surface area contributed by atoms with E-state index in [9.17, 15) is 4.79 Å². The summed E-state index contributed by atoms with van der Waals surface area (Å²) in [5, 5.41) is 2.80. The summed E-state index contributed by atoms with van der Waals surface area (Å²) in [5.41, 5.74) is 1.49. The highest BCUT2D eigenvalue weighted by atomic mass is 35.5. The summed E-state index contributed by atoms with van der Waals surface area (Å²) >= 11 is 5.40. The first kappa shape index (κ1) is 9.55. The van der Waals surface area contributed by atoms with Gasteiger partial charge in [-0.05, 0) is 6.92 Å². The lowest BCUT2D eigenvalue weighted by Crippen LogP contribution is -2.53. The molecule has 0 bridgehead atoms. The van der Waals surface area contributed by atoms with Crippen molar-refractivity contribution in [2.45, 2.75) is 13.0 Å². The van der Waals surface area contributed by atoms with E-state index >= 15 is 0 Å². The molecule has 1 saturated heterocycles. The second kappa shape index (κ2) is 4.48. The fraction of sp³-hybridized carbons (Fsp3) is 0.625. The Hall–Kier alpha value is -0.540. The van der Waals surface area contributed by atoms with E-state index < -0.39 is 0 Å². The molecule has 0 spiro atoms. The van der Waals surface area contributed by atoms with Crippen molar-refractivity contribution in [3.05, 3.63) is 11.6 Å². The first-order valence-electron chi connectivity index (χ1n) is 4.02. The lowest BCUT2D eigenvalue weighted by atomic mass is 10.2. The standard InChI is InChI=1S/C8H13ClN2O/c1-7-8(12)10-4-6-11(7)5-2-3-9/h2-3,7H,4-6H2,1H3,(H,10,12)/b3-2+. The monoisotopic (exact) mass is 188 g/mol. The highest BCUT2D eigenvalue weighted by molar-refractivity contribution is 6.25. The van der Waals surface area contributed by atoms with Crippen LogP contribution in [0, 0.1) is 0 Å². The van der Waals surface area contributed by atoms with Crippen LogP contribution in [-0.2, 0) is 4.79 Å². The molecule has 0 aromatic carbocycles. The number of carbonyl (C=O) groups is 1. The second-order valence-electron chi connectivity index (χ2n) is 2.82. The third kappa shape index (κ3) is 2.22. The molecular weight excluding hydrogens is 176 g/mol. The first-order valence-corrected chi connectivity index (χ1v) is 4.46. The van der Waals surface area contributed by atoms with Crippen molar-refractivity contribution < 1.29 is 4.79 Å². The number of hydrogen-bond donors (Lipinski definition) is 1. The van der Waals surface area contributed by atoms with Crippen LogP contribution in [0.4, 0.5) is 0 Å². The molecule has 68 valence electrons. The molecule has 1 N–H and O–H groups in total. The average Bonchev–Trinajstić information content (AvgIpc) is 2.08. The predicted molar refractivity (Wildman–Crippen MR) is 49.0 cm³/mol. The molecule has 1 aliphatic rings. The largest absolute Gasteiger partial charge is 0.353 e. The van der Waals surface area contributed by atoms with Gasteiger partial charge in [0.2, 0.25) is 5.91 Å². The van der Waals surface area contributed by atoms with Crippen molar-refractivity contribution in [2.24, 2.45) is 0 Å². The van der Waals surface area contributed by atoms with E-state index in [-0.39, 0.29) is 11.9 Å². The molecule has 0 aliphatic carbocycles. The van der Waals surface area contributed by atoms with Gasteiger partial charge in [0.1, 0.15) is 0 Å². The Morgan fingerprint density at radius 1 is 1.83 bits per heavy atom. The number of carbonyl (C=O) groups excluding carboxylic acids is 1. The topological polar surface area (TPSA) is 32.3 Å². The number of halogens is 1. The number of hydrogen-bond acceptors (Lipinski definition) is 2. The van der Waals surface area contributed by atoms with Crippen molar-refractivity contribution in [2.75, 3.05) is 19.6 Å². The van der Waals surface area contributed by atoms with Gasteiger partial charge >= 0.3 is 0 Å². The molecule has 1 heterocycles. The zero-order chi connectivity index (χ0) is 8.97. The van der Waals surface area contributed by atoms with Crippen molar-refractivity contribution in [1.29, 1.82) is 0 Å². The molecule has 3 nitrogen and oxygen atoms in total. The molecular formula is C8H13ClN2O. The summed E-state index contributed by atoms with van der Waals surface area (Å²) in [5.74, 6) is 0.101. The maximum atomic E-state index is 11.2. The number of nitrogens with zero attached hydrogens (tertiary/aromatic N) is 1. The van der Waals surface area contributed by atoms with Crippen molar-refractivity contribution >= 4 is 17.5 Å². The van der Waals surface area contributed by atoms with E-state index in [4.69, 9.17) is 11.6 Å². The molecule has 1 unspecified atom stereocenters. The summed E-state index contributed by atoms with van der Waals surface area (Å²) in [6.45, 7) is 4.28. The zero-order valence-electron chi connectivity index (χ0n) is 7.09. The van der Waals surface area contributed by atoms with Crippen LogP contribution in [0.25, 0.3) is 0 Å². The quantitative estimate of drug-likeness (QED) is 0.687. The summed E-state index contributed by atoms with van der Waals surface area (Å²) in [6.07, 6.45) is 1.84. The van der Waals surface area contributed by atoms with Crippen LogP contribution >= 0.6 is 11.6 Å². The van der Waals surface area contributed by atoms with Gasteiger partial charge in [0, 0.05) is 25.2 Å². The molecule has 0 aromatic rings. The Morgan fingerprint density at radius 2 is 2.58 bits per heavy atom. The molecule has 1 atom stereocenters. The van der Waals surface area contributed by atoms with Crippen LogP contribution in [0.3, 0.4) is 0 Å². The molecule has 12 heavy (non-hydrogen) atoms. The summed E-state index contributed by atoms with van der Waals surface area (Å²) in [4.78, 5) is 13.2. The van der Waals surface area contributed by atoms with E-state index in [0.29, 0.717) is 0 Å². The van der Waals surface area contributed by atoms with E-state index in [1.165, 1.54) is 5.54 Å². The maximum Gasteiger partial charge on any atom is 0.237 e. The van der Waals surface area contributed by atoms with Crippen LogP contribution in [0.15, 0.2) is 11.6 Å². The average molecular weight is 189 g/mol. The summed E-state index contributed by atoms with van der Waals surface area (Å²) < 4.78 is 0. The van der Waals surface area contributed by atoms with Gasteiger partial charge in [0.15, 0.2) is 0 Å². The maximum absolute atomic E-state index is 11.2. The van der Waals surface area contributed by atoms with Gasteiger partial charge in [-0.3, -0.25) is 9.69 Å². The number of piperazine rings is 1. The Bertz CT molecular complexity index is 193. The predicted octanol–water partition coefficient (Wildman–Crippen LogP) is 0.559. The number of amides is 1. The fourth-order valence-corrected chi connectivity index (χ4v) is 1.33. The zero-order valence-corrected chi connectivity index (χ0v) is 7.84. The van der Waals surface area contributed by atoms with Gasteiger partial charge in [-0.25, -0.2) is 0 Å². The molecule has 0 radical (unpaired) electrons. The highest BCUT2D eigenvalue weighted by Crippen LogP contribution is 2.03. The van der Waals surface area contributed by atoms with E-state index in [1.54, 1.807) is 0 Å². The third-order valence-corrected chi connectivity index (χ3v) is 2.23. The van der Waals surface area contributed by atoms with Gasteiger partial charge in [0.05, 0.1) is 6.04 Å². The molecule has 1 aliphatic heterocycles. The van der Waals surface area contributed by atoms with Gasteiger partial charge in [-0.1, -0.05) is 17.7 Å². The van der Waals surface area contributed by atoms with E-state index in [2.05, 4.69) is 10.2 Å². The van der Waals surface area contributed by atoms with Crippen molar-refractivity contribution in [3.8, 4) is 0 Å². The van der Waals surface area contributed by atoms with Gasteiger partial charge < -0.3 is 5.32 Å². The third-order valence-electron chi connectivity index (χ3n) is 2.05. The Kier molecular flexibility index (Phi) is 3.56. The van der Waals surface area contributed by atoms with Crippen LogP contribution in [-0.4, -0.2) is 36.5 Å². The normalized spacial score (nSPS) is 26.2. The van der Waals surface area contributed by atoms with Crippen LogP contribution in [0.5, 0.6) is 0 Å². The SMILES string of the molecule is CC1C(=O)NCCN1C/C=C/Cl. The van der Waals surface area contributed by atoms with Gasteiger partial charge in [0.25, 0.3) is 0 Å². The molecule has 4 heteroatoms.